The fraction of sp³-hybridized carbons (Fsp3) is 0.333. The van der Waals surface area contributed by atoms with Crippen LogP contribution in [0.1, 0.15) is 47.8 Å². The zero-order chi connectivity index (χ0) is 19.3. The Kier molecular flexibility index (Phi) is 6.14. The van der Waals surface area contributed by atoms with Crippen molar-refractivity contribution in [3.8, 4) is 0 Å². The Morgan fingerprint density at radius 3 is 2.54 bits per heavy atom. The van der Waals surface area contributed by atoms with Crippen LogP contribution in [-0.2, 0) is 22.5 Å². The zero-order valence-electron chi connectivity index (χ0n) is 15.6. The van der Waals surface area contributed by atoms with E-state index in [0.29, 0.717) is 18.4 Å². The van der Waals surface area contributed by atoms with Crippen LogP contribution in [0.5, 0.6) is 0 Å². The number of anilines is 1. The zero-order valence-corrected chi connectivity index (χ0v) is 15.6. The van der Waals surface area contributed by atoms with Gasteiger partial charge in [-0.3, -0.25) is 9.59 Å². The van der Waals surface area contributed by atoms with Crippen LogP contribution in [0, 0.1) is 12.7 Å². The van der Waals surface area contributed by atoms with Crippen molar-refractivity contribution in [1.29, 1.82) is 0 Å². The average molecular weight is 357 g/mol. The molecule has 5 heteroatoms. The fourth-order valence-corrected chi connectivity index (χ4v) is 2.56. The van der Waals surface area contributed by atoms with Gasteiger partial charge in [-0.05, 0) is 50.5 Å². The molecule has 2 rings (SSSR count). The van der Waals surface area contributed by atoms with Crippen molar-refractivity contribution in [2.45, 2.75) is 46.3 Å². The molecule has 0 spiro atoms. The SMILES string of the molecule is Cc1ccc(NCc2cccc(CC(=O)OC(C)(C)C)c2)c(F)c1C=O. The Labute approximate surface area is 153 Å². The molecule has 0 aromatic heterocycles. The van der Waals surface area contributed by atoms with Crippen LogP contribution < -0.4 is 5.32 Å². The molecule has 0 radical (unpaired) electrons. The maximum atomic E-state index is 14.3. The Morgan fingerprint density at radius 1 is 1.19 bits per heavy atom. The number of hydrogen-bond acceptors (Lipinski definition) is 4. The van der Waals surface area contributed by atoms with Crippen molar-refractivity contribution < 1.29 is 18.7 Å². The smallest absolute Gasteiger partial charge is 0.310 e. The molecule has 0 fully saturated rings. The quantitative estimate of drug-likeness (QED) is 0.613. The van der Waals surface area contributed by atoms with Crippen LogP contribution in [-0.4, -0.2) is 17.9 Å². The molecular weight excluding hydrogens is 333 g/mol. The highest BCUT2D eigenvalue weighted by molar-refractivity contribution is 5.80. The van der Waals surface area contributed by atoms with E-state index >= 15 is 0 Å². The van der Waals surface area contributed by atoms with Gasteiger partial charge in [0.1, 0.15) is 5.60 Å². The summed E-state index contributed by atoms with van der Waals surface area (Å²) in [6, 6.07) is 10.8. The Morgan fingerprint density at radius 2 is 1.88 bits per heavy atom. The predicted molar refractivity (Wildman–Crippen MR) is 99.8 cm³/mol. The first-order chi connectivity index (χ1) is 12.2. The molecule has 2 aromatic rings. The molecule has 2 aromatic carbocycles. The highest BCUT2D eigenvalue weighted by Gasteiger charge is 2.16. The second-order valence-electron chi connectivity index (χ2n) is 7.21. The molecule has 0 heterocycles. The van der Waals surface area contributed by atoms with Gasteiger partial charge in [-0.15, -0.1) is 0 Å². The molecule has 0 atom stereocenters. The van der Waals surface area contributed by atoms with E-state index in [0.717, 1.165) is 11.1 Å². The highest BCUT2D eigenvalue weighted by Crippen LogP contribution is 2.21. The lowest BCUT2D eigenvalue weighted by Gasteiger charge is -2.19. The Hall–Kier alpha value is -2.69. The number of nitrogens with one attached hydrogen (secondary N) is 1. The number of halogens is 1. The van der Waals surface area contributed by atoms with Gasteiger partial charge >= 0.3 is 5.97 Å². The van der Waals surface area contributed by atoms with Crippen molar-refractivity contribution >= 4 is 17.9 Å². The molecule has 0 amide bonds. The molecule has 0 bridgehead atoms. The first kappa shape index (κ1) is 19.6. The number of carbonyl (C=O) groups excluding carboxylic acids is 2. The van der Waals surface area contributed by atoms with Crippen LogP contribution >= 0.6 is 0 Å². The normalized spacial score (nSPS) is 11.1. The standard InChI is InChI=1S/C21H24FNO3/c1-14-8-9-18(20(22)17(14)13-24)23-12-16-7-5-6-15(10-16)11-19(25)26-21(2,3)4/h5-10,13,23H,11-12H2,1-4H3. The third-order valence-electron chi connectivity index (χ3n) is 3.76. The van der Waals surface area contributed by atoms with Crippen LogP contribution in [0.3, 0.4) is 0 Å². The summed E-state index contributed by atoms with van der Waals surface area (Å²) in [5.41, 5.74) is 2.15. The van der Waals surface area contributed by atoms with Gasteiger partial charge < -0.3 is 10.1 Å². The number of rotatable bonds is 6. The van der Waals surface area contributed by atoms with Crippen LogP contribution in [0.2, 0.25) is 0 Å². The van der Waals surface area contributed by atoms with E-state index in [1.54, 1.807) is 19.1 Å². The maximum absolute atomic E-state index is 14.3. The fourth-order valence-electron chi connectivity index (χ4n) is 2.56. The van der Waals surface area contributed by atoms with E-state index < -0.39 is 11.4 Å². The summed E-state index contributed by atoms with van der Waals surface area (Å²) >= 11 is 0. The van der Waals surface area contributed by atoms with Gasteiger partial charge in [-0.25, -0.2) is 4.39 Å². The summed E-state index contributed by atoms with van der Waals surface area (Å²) in [5.74, 6) is -0.840. The van der Waals surface area contributed by atoms with Gasteiger partial charge in [0.2, 0.25) is 0 Å². The van der Waals surface area contributed by atoms with Gasteiger partial charge in [-0.1, -0.05) is 30.3 Å². The van der Waals surface area contributed by atoms with E-state index in [1.807, 2.05) is 45.0 Å². The molecule has 0 aliphatic heterocycles. The number of aldehydes is 1. The molecule has 0 saturated heterocycles. The van der Waals surface area contributed by atoms with Gasteiger partial charge in [0.05, 0.1) is 17.7 Å². The Balaban J connectivity index is 2.05. The highest BCUT2D eigenvalue weighted by atomic mass is 19.1. The van der Waals surface area contributed by atoms with Crippen molar-refractivity contribution in [2.24, 2.45) is 0 Å². The van der Waals surface area contributed by atoms with E-state index in [1.165, 1.54) is 0 Å². The molecule has 4 nitrogen and oxygen atoms in total. The number of esters is 1. The lowest BCUT2D eigenvalue weighted by Crippen LogP contribution is -2.24. The minimum Gasteiger partial charge on any atom is -0.460 e. The summed E-state index contributed by atoms with van der Waals surface area (Å²) in [6.45, 7) is 7.55. The number of benzene rings is 2. The third kappa shape index (κ3) is 5.41. The predicted octanol–water partition coefficient (Wildman–Crippen LogP) is 4.44. The minimum absolute atomic E-state index is 0.0636. The molecule has 0 unspecified atom stereocenters. The van der Waals surface area contributed by atoms with Gasteiger partial charge in [0, 0.05) is 6.54 Å². The van der Waals surface area contributed by atoms with Crippen molar-refractivity contribution in [3.05, 3.63) is 64.5 Å². The van der Waals surface area contributed by atoms with E-state index in [9.17, 15) is 14.0 Å². The lowest BCUT2D eigenvalue weighted by molar-refractivity contribution is -0.153. The molecule has 138 valence electrons. The van der Waals surface area contributed by atoms with Crippen LogP contribution in [0.4, 0.5) is 10.1 Å². The van der Waals surface area contributed by atoms with E-state index in [-0.39, 0.29) is 23.6 Å². The first-order valence-corrected chi connectivity index (χ1v) is 8.47. The molecule has 0 saturated carbocycles. The van der Waals surface area contributed by atoms with Gasteiger partial charge in [0.15, 0.2) is 12.1 Å². The summed E-state index contributed by atoms with van der Waals surface area (Å²) in [7, 11) is 0. The van der Waals surface area contributed by atoms with E-state index in [2.05, 4.69) is 5.32 Å². The lowest BCUT2D eigenvalue weighted by atomic mass is 10.1. The van der Waals surface area contributed by atoms with Crippen LogP contribution in [0.25, 0.3) is 0 Å². The first-order valence-electron chi connectivity index (χ1n) is 8.47. The Bertz CT molecular complexity index is 809. The molecule has 0 aliphatic carbocycles. The van der Waals surface area contributed by atoms with Crippen molar-refractivity contribution in [2.75, 3.05) is 5.32 Å². The monoisotopic (exact) mass is 357 g/mol. The van der Waals surface area contributed by atoms with Crippen molar-refractivity contribution in [3.63, 3.8) is 0 Å². The van der Waals surface area contributed by atoms with Crippen LogP contribution in [0.15, 0.2) is 36.4 Å². The second-order valence-corrected chi connectivity index (χ2v) is 7.21. The second kappa shape index (κ2) is 8.13. The summed E-state index contributed by atoms with van der Waals surface area (Å²) < 4.78 is 19.6. The number of hydrogen-bond donors (Lipinski definition) is 1. The van der Waals surface area contributed by atoms with Crippen molar-refractivity contribution in [1.82, 2.24) is 0 Å². The topological polar surface area (TPSA) is 55.4 Å². The van der Waals surface area contributed by atoms with Gasteiger partial charge in [-0.2, -0.15) is 0 Å². The molecular formula is C21H24FNO3. The third-order valence-corrected chi connectivity index (χ3v) is 3.76. The molecule has 0 aliphatic rings. The summed E-state index contributed by atoms with van der Waals surface area (Å²) in [6.07, 6.45) is 0.705. The number of carbonyl (C=O) groups is 2. The molecule has 26 heavy (non-hydrogen) atoms. The number of ether oxygens (including phenoxy) is 1. The van der Waals surface area contributed by atoms with Gasteiger partial charge in [0.25, 0.3) is 0 Å². The minimum atomic E-state index is -0.551. The molecule has 1 N–H and O–H groups in total. The number of aryl methyl sites for hydroxylation is 1. The summed E-state index contributed by atoms with van der Waals surface area (Å²) in [5, 5.41) is 3.00. The average Bonchev–Trinajstić information content (AvgIpc) is 2.53. The maximum Gasteiger partial charge on any atom is 0.310 e. The van der Waals surface area contributed by atoms with E-state index in [4.69, 9.17) is 4.74 Å². The largest absolute Gasteiger partial charge is 0.460 e. The summed E-state index contributed by atoms with van der Waals surface area (Å²) in [4.78, 5) is 23.0.